The van der Waals surface area contributed by atoms with Crippen LogP contribution in [0.1, 0.15) is 11.1 Å². The minimum Gasteiger partial charge on any atom is -0.339 e. The van der Waals surface area contributed by atoms with Gasteiger partial charge in [0.25, 0.3) is 5.56 Å². The molecule has 1 aromatic carbocycles. The van der Waals surface area contributed by atoms with E-state index in [1.807, 2.05) is 18.2 Å². The number of aromatic amines is 1. The van der Waals surface area contributed by atoms with Crippen molar-refractivity contribution in [1.82, 2.24) is 10.2 Å². The molecule has 0 amide bonds. The fraction of sp³-hybridized carbons (Fsp3) is 0.167. The van der Waals surface area contributed by atoms with Gasteiger partial charge >= 0.3 is 0 Å². The van der Waals surface area contributed by atoms with E-state index in [9.17, 15) is 4.79 Å². The second-order valence-electron chi connectivity index (χ2n) is 3.73. The van der Waals surface area contributed by atoms with Crippen molar-refractivity contribution in [3.05, 3.63) is 51.8 Å². The summed E-state index contributed by atoms with van der Waals surface area (Å²) in [6, 6.07) is 9.16. The second kappa shape index (κ2) is 4.18. The number of nitrogens with one attached hydrogen (secondary N) is 2. The van der Waals surface area contributed by atoms with Crippen molar-refractivity contribution in [2.75, 3.05) is 5.32 Å². The van der Waals surface area contributed by atoms with Gasteiger partial charge in [-0.25, -0.2) is 5.10 Å². The molecule has 16 heavy (non-hydrogen) atoms. The maximum absolute atomic E-state index is 10.8. The number of anilines is 2. The molecule has 4 nitrogen and oxygen atoms in total. The van der Waals surface area contributed by atoms with Crippen LogP contribution in [0, 0.1) is 13.8 Å². The number of nitrogens with zero attached hydrogens (tertiary/aromatic N) is 1. The van der Waals surface area contributed by atoms with Crippen molar-refractivity contribution in [3.63, 3.8) is 0 Å². The molecule has 1 aromatic heterocycles. The molecule has 0 fully saturated rings. The van der Waals surface area contributed by atoms with Crippen LogP contribution in [0.15, 0.2) is 35.1 Å². The number of aryl methyl sites for hydroxylation is 2. The van der Waals surface area contributed by atoms with Gasteiger partial charge < -0.3 is 5.32 Å². The average Bonchev–Trinajstić information content (AvgIpc) is 2.27. The van der Waals surface area contributed by atoms with E-state index >= 15 is 0 Å². The van der Waals surface area contributed by atoms with Gasteiger partial charge in [0.1, 0.15) is 0 Å². The van der Waals surface area contributed by atoms with Gasteiger partial charge in [-0.05, 0) is 43.2 Å². The maximum atomic E-state index is 10.8. The van der Waals surface area contributed by atoms with Crippen LogP contribution in [0.4, 0.5) is 11.5 Å². The normalized spacial score (nSPS) is 10.1. The van der Waals surface area contributed by atoms with Crippen LogP contribution in [-0.4, -0.2) is 10.2 Å². The van der Waals surface area contributed by atoms with E-state index in [0.717, 1.165) is 5.69 Å². The van der Waals surface area contributed by atoms with Gasteiger partial charge in [-0.3, -0.25) is 4.79 Å². The molecule has 82 valence electrons. The summed E-state index contributed by atoms with van der Waals surface area (Å²) in [5.74, 6) is 0.628. The molecule has 0 unspecified atom stereocenters. The molecule has 0 bridgehead atoms. The number of hydrogen-bond donors (Lipinski definition) is 2. The van der Waals surface area contributed by atoms with Crippen LogP contribution in [0.2, 0.25) is 0 Å². The van der Waals surface area contributed by atoms with Crippen LogP contribution in [0.3, 0.4) is 0 Å². The van der Waals surface area contributed by atoms with Crippen molar-refractivity contribution >= 4 is 11.5 Å². The van der Waals surface area contributed by atoms with Crippen molar-refractivity contribution in [2.45, 2.75) is 13.8 Å². The molecular formula is C12H13N3O. The Bertz CT molecular complexity index is 540. The zero-order valence-electron chi connectivity index (χ0n) is 9.24. The highest BCUT2D eigenvalue weighted by Gasteiger charge is 1.98. The number of aromatic nitrogens is 2. The van der Waals surface area contributed by atoms with E-state index in [-0.39, 0.29) is 5.56 Å². The van der Waals surface area contributed by atoms with Gasteiger partial charge in [0.05, 0.1) is 0 Å². The van der Waals surface area contributed by atoms with Crippen LogP contribution in [-0.2, 0) is 0 Å². The fourth-order valence-electron chi connectivity index (χ4n) is 1.38. The highest BCUT2D eigenvalue weighted by Crippen LogP contribution is 2.17. The molecule has 0 radical (unpaired) electrons. The molecule has 0 aliphatic rings. The zero-order chi connectivity index (χ0) is 11.5. The largest absolute Gasteiger partial charge is 0.339 e. The molecule has 0 spiro atoms. The molecular weight excluding hydrogens is 202 g/mol. The van der Waals surface area contributed by atoms with Gasteiger partial charge in [-0.15, -0.1) is 0 Å². The molecule has 0 saturated carbocycles. The van der Waals surface area contributed by atoms with E-state index in [4.69, 9.17) is 0 Å². The lowest BCUT2D eigenvalue weighted by molar-refractivity contribution is 0.994. The summed E-state index contributed by atoms with van der Waals surface area (Å²) in [5.41, 5.74) is 3.22. The Morgan fingerprint density at radius 2 is 1.94 bits per heavy atom. The first-order valence-corrected chi connectivity index (χ1v) is 5.05. The third-order valence-electron chi connectivity index (χ3n) is 2.46. The first-order valence-electron chi connectivity index (χ1n) is 5.05. The molecule has 0 atom stereocenters. The fourth-order valence-corrected chi connectivity index (χ4v) is 1.38. The van der Waals surface area contributed by atoms with Gasteiger partial charge in [0, 0.05) is 11.8 Å². The predicted molar refractivity (Wildman–Crippen MR) is 64.1 cm³/mol. The van der Waals surface area contributed by atoms with E-state index in [1.54, 1.807) is 6.07 Å². The lowest BCUT2D eigenvalue weighted by atomic mass is 10.1. The molecule has 2 aromatic rings. The van der Waals surface area contributed by atoms with Crippen LogP contribution < -0.4 is 10.9 Å². The minimum atomic E-state index is -0.203. The molecule has 4 heteroatoms. The van der Waals surface area contributed by atoms with E-state index < -0.39 is 0 Å². The van der Waals surface area contributed by atoms with Crippen LogP contribution in [0.5, 0.6) is 0 Å². The maximum Gasteiger partial charge on any atom is 0.264 e. The Hall–Kier alpha value is -2.10. The number of hydrogen-bond acceptors (Lipinski definition) is 3. The number of rotatable bonds is 2. The Morgan fingerprint density at radius 1 is 1.12 bits per heavy atom. The number of H-pyrrole nitrogens is 1. The van der Waals surface area contributed by atoms with Crippen molar-refractivity contribution in [2.24, 2.45) is 0 Å². The standard InChI is InChI=1S/C12H13N3O/c1-8-3-4-10(7-9(8)2)13-11-5-6-12(16)15-14-11/h3-7H,1-2H3,(H,13,14)(H,15,16). The highest BCUT2D eigenvalue weighted by atomic mass is 16.1. The quantitative estimate of drug-likeness (QED) is 0.806. The zero-order valence-corrected chi connectivity index (χ0v) is 9.24. The molecule has 0 aliphatic heterocycles. The predicted octanol–water partition coefficient (Wildman–Crippen LogP) is 2.13. The van der Waals surface area contributed by atoms with E-state index in [2.05, 4.69) is 29.4 Å². The molecule has 2 N–H and O–H groups in total. The summed E-state index contributed by atoms with van der Waals surface area (Å²) in [6.07, 6.45) is 0. The molecule has 0 saturated heterocycles. The topological polar surface area (TPSA) is 57.8 Å². The van der Waals surface area contributed by atoms with Gasteiger partial charge in [-0.1, -0.05) is 6.07 Å². The van der Waals surface area contributed by atoms with Crippen LogP contribution >= 0.6 is 0 Å². The monoisotopic (exact) mass is 215 g/mol. The van der Waals surface area contributed by atoms with Crippen molar-refractivity contribution in [3.8, 4) is 0 Å². The smallest absolute Gasteiger partial charge is 0.264 e. The Morgan fingerprint density at radius 3 is 2.56 bits per heavy atom. The Labute approximate surface area is 93.3 Å². The first-order chi connectivity index (χ1) is 7.65. The van der Waals surface area contributed by atoms with Crippen LogP contribution in [0.25, 0.3) is 0 Å². The molecule has 0 aliphatic carbocycles. The number of benzene rings is 1. The van der Waals surface area contributed by atoms with Gasteiger partial charge in [-0.2, -0.15) is 5.10 Å². The third-order valence-corrected chi connectivity index (χ3v) is 2.46. The summed E-state index contributed by atoms with van der Waals surface area (Å²) in [5, 5.41) is 9.37. The average molecular weight is 215 g/mol. The SMILES string of the molecule is Cc1ccc(Nc2ccc(=O)[nH]n2)cc1C. The third kappa shape index (κ3) is 2.28. The lowest BCUT2D eigenvalue weighted by Crippen LogP contribution is -2.07. The first kappa shape index (κ1) is 10.4. The van der Waals surface area contributed by atoms with Gasteiger partial charge in [0.15, 0.2) is 5.82 Å². The Balaban J connectivity index is 2.23. The molecule has 2 rings (SSSR count). The second-order valence-corrected chi connectivity index (χ2v) is 3.73. The minimum absolute atomic E-state index is 0.203. The summed E-state index contributed by atoms with van der Waals surface area (Å²) >= 11 is 0. The van der Waals surface area contributed by atoms with Crippen molar-refractivity contribution in [1.29, 1.82) is 0 Å². The summed E-state index contributed by atoms with van der Waals surface area (Å²) in [7, 11) is 0. The molecule has 1 heterocycles. The van der Waals surface area contributed by atoms with Crippen molar-refractivity contribution < 1.29 is 0 Å². The van der Waals surface area contributed by atoms with E-state index in [1.165, 1.54) is 17.2 Å². The Kier molecular flexibility index (Phi) is 2.72. The summed E-state index contributed by atoms with van der Waals surface area (Å²) < 4.78 is 0. The lowest BCUT2D eigenvalue weighted by Gasteiger charge is -2.07. The summed E-state index contributed by atoms with van der Waals surface area (Å²) in [6.45, 7) is 4.12. The van der Waals surface area contributed by atoms with E-state index in [0.29, 0.717) is 5.82 Å². The summed E-state index contributed by atoms with van der Waals surface area (Å²) in [4.78, 5) is 10.8. The highest BCUT2D eigenvalue weighted by molar-refractivity contribution is 5.57. The van der Waals surface area contributed by atoms with Gasteiger partial charge in [0.2, 0.25) is 0 Å².